The highest BCUT2D eigenvalue weighted by Crippen LogP contribution is 2.55. The number of hydrogen-bond acceptors (Lipinski definition) is 5. The molecule has 7 heteroatoms. The fourth-order valence-corrected chi connectivity index (χ4v) is 12.3. The van der Waals surface area contributed by atoms with Gasteiger partial charge in [-0.3, -0.25) is 0 Å². The van der Waals surface area contributed by atoms with E-state index >= 15 is 0 Å². The fraction of sp³-hybridized carbons (Fsp3) is 0.406. The van der Waals surface area contributed by atoms with E-state index in [0.29, 0.717) is 13.2 Å². The lowest BCUT2D eigenvalue weighted by molar-refractivity contribution is -0.116. The predicted octanol–water partition coefficient (Wildman–Crippen LogP) is 5.20. The third-order valence-corrected chi connectivity index (χ3v) is 15.1. The Hall–Kier alpha value is -1.74. The molecule has 204 valence electrons. The van der Waals surface area contributed by atoms with Gasteiger partial charge < -0.3 is 13.9 Å². The van der Waals surface area contributed by atoms with E-state index < -0.39 is 13.9 Å². The molecular weight excluding hydrogens is 535 g/mol. The van der Waals surface area contributed by atoms with Gasteiger partial charge >= 0.3 is 0 Å². The fourth-order valence-electron chi connectivity index (χ4n) is 6.91. The zero-order valence-electron chi connectivity index (χ0n) is 23.6. The van der Waals surface area contributed by atoms with Crippen LogP contribution in [0, 0.1) is 11.8 Å². The molecule has 5 rings (SSSR count). The van der Waals surface area contributed by atoms with Crippen LogP contribution < -0.4 is 10.4 Å². The molecule has 0 unspecified atom stereocenters. The molecule has 2 bridgehead atoms. The number of thioether (sulfide) groups is 1. The molecule has 1 aliphatic heterocycles. The summed E-state index contributed by atoms with van der Waals surface area (Å²) in [6.07, 6.45) is 2.84. The first-order chi connectivity index (χ1) is 18.7. The maximum absolute atomic E-state index is 7.45. The van der Waals surface area contributed by atoms with Gasteiger partial charge in [-0.15, -0.1) is 11.8 Å². The van der Waals surface area contributed by atoms with Crippen LogP contribution in [0.25, 0.3) is 0 Å². The smallest absolute Gasteiger partial charge is 0.261 e. The van der Waals surface area contributed by atoms with E-state index in [9.17, 15) is 0 Å². The van der Waals surface area contributed by atoms with Crippen molar-refractivity contribution >= 4 is 54.7 Å². The van der Waals surface area contributed by atoms with Crippen molar-refractivity contribution in [2.45, 2.75) is 56.5 Å². The third-order valence-electron chi connectivity index (χ3n) is 8.59. The standard InChI is InChI=1S/C32H39BO3S2Si/c1-31(2,3)39(24-16-10-6-11-17-24,25-18-12-7-13-19-25)35-22-32-20-26(30(37)38-4)27(29(33)36-32)28(32)34-21-23-14-8-5-9-15-23/h5-19,26-29H,20-22,33H2,1-4H3/t26-,27+,28-,29+,32+/m0/s1. The Bertz CT molecular complexity index is 1220. The first kappa shape index (κ1) is 28.8. The lowest BCUT2D eigenvalue weighted by Crippen LogP contribution is -2.68. The molecule has 0 spiro atoms. The van der Waals surface area contributed by atoms with Crippen molar-refractivity contribution < 1.29 is 13.9 Å². The Morgan fingerprint density at radius 2 is 1.51 bits per heavy atom. The van der Waals surface area contributed by atoms with Gasteiger partial charge in [-0.2, -0.15) is 0 Å². The molecule has 1 aliphatic carbocycles. The summed E-state index contributed by atoms with van der Waals surface area (Å²) in [6, 6.07) is 32.1. The molecule has 1 saturated heterocycles. The summed E-state index contributed by atoms with van der Waals surface area (Å²) in [4.78, 5) is 0. The van der Waals surface area contributed by atoms with E-state index in [2.05, 4.69) is 120 Å². The van der Waals surface area contributed by atoms with Gasteiger partial charge in [-0.05, 0) is 33.7 Å². The van der Waals surface area contributed by atoms with Crippen molar-refractivity contribution in [2.24, 2.45) is 11.8 Å². The molecule has 1 saturated carbocycles. The molecule has 39 heavy (non-hydrogen) atoms. The van der Waals surface area contributed by atoms with Crippen molar-refractivity contribution in [3.8, 4) is 0 Å². The highest BCUT2D eigenvalue weighted by molar-refractivity contribution is 8.22. The van der Waals surface area contributed by atoms with Gasteiger partial charge in [-0.1, -0.05) is 124 Å². The second-order valence-electron chi connectivity index (χ2n) is 12.0. The summed E-state index contributed by atoms with van der Waals surface area (Å²) in [5, 5.41) is 2.44. The normalized spacial score (nSPS) is 26.6. The highest BCUT2D eigenvalue weighted by Gasteiger charge is 2.65. The number of hydrogen-bond donors (Lipinski definition) is 0. The molecule has 0 amide bonds. The monoisotopic (exact) mass is 574 g/mol. The molecule has 0 aromatic heterocycles. The van der Waals surface area contributed by atoms with Crippen molar-refractivity contribution in [2.75, 3.05) is 12.9 Å². The van der Waals surface area contributed by atoms with Crippen LogP contribution in [-0.2, 0) is 20.5 Å². The molecule has 2 aliphatic rings. The Labute approximate surface area is 245 Å². The zero-order chi connectivity index (χ0) is 27.7. The molecule has 0 N–H and O–H groups in total. The van der Waals surface area contributed by atoms with Crippen LogP contribution in [-0.4, -0.2) is 50.9 Å². The molecule has 5 atom stereocenters. The molecule has 1 heterocycles. The van der Waals surface area contributed by atoms with Crippen molar-refractivity contribution in [3.63, 3.8) is 0 Å². The lowest BCUT2D eigenvalue weighted by Gasteiger charge is -2.45. The Morgan fingerprint density at radius 1 is 0.974 bits per heavy atom. The Morgan fingerprint density at radius 3 is 2.03 bits per heavy atom. The van der Waals surface area contributed by atoms with E-state index in [-0.39, 0.29) is 29.0 Å². The Balaban J connectivity index is 1.54. The maximum atomic E-state index is 7.45. The summed E-state index contributed by atoms with van der Waals surface area (Å²) in [6.45, 7) is 8.00. The minimum Gasteiger partial charge on any atom is -0.404 e. The number of rotatable bonds is 9. The van der Waals surface area contributed by atoms with Crippen LogP contribution in [0.4, 0.5) is 0 Å². The summed E-state index contributed by atoms with van der Waals surface area (Å²) in [7, 11) is -0.547. The van der Waals surface area contributed by atoms with Gasteiger partial charge in [0.1, 0.15) is 13.4 Å². The zero-order valence-corrected chi connectivity index (χ0v) is 26.3. The van der Waals surface area contributed by atoms with E-state index in [0.717, 1.165) is 10.6 Å². The summed E-state index contributed by atoms with van der Waals surface area (Å²) in [5.41, 5.74) is 0.625. The number of thiocarbonyl (C=S) groups is 1. The first-order valence-electron chi connectivity index (χ1n) is 13.9. The topological polar surface area (TPSA) is 27.7 Å². The maximum Gasteiger partial charge on any atom is 0.261 e. The minimum absolute atomic E-state index is 0.0531. The van der Waals surface area contributed by atoms with E-state index in [1.165, 1.54) is 15.9 Å². The minimum atomic E-state index is -2.73. The second-order valence-corrected chi connectivity index (χ2v) is 17.8. The predicted molar refractivity (Wildman–Crippen MR) is 172 cm³/mol. The van der Waals surface area contributed by atoms with Gasteiger partial charge in [0.2, 0.25) is 0 Å². The van der Waals surface area contributed by atoms with Crippen molar-refractivity contribution in [3.05, 3.63) is 96.6 Å². The van der Waals surface area contributed by atoms with Gasteiger partial charge in [0.25, 0.3) is 8.32 Å². The summed E-state index contributed by atoms with van der Waals surface area (Å²) in [5.74, 6) is 0.485. The van der Waals surface area contributed by atoms with Crippen LogP contribution in [0.3, 0.4) is 0 Å². The number of benzene rings is 3. The first-order valence-corrected chi connectivity index (χ1v) is 17.4. The second kappa shape index (κ2) is 11.6. The van der Waals surface area contributed by atoms with Crippen LogP contribution in [0.5, 0.6) is 0 Å². The molecule has 0 radical (unpaired) electrons. The van der Waals surface area contributed by atoms with Crippen LogP contribution >= 0.6 is 24.0 Å². The summed E-state index contributed by atoms with van der Waals surface area (Å²) >= 11 is 7.59. The van der Waals surface area contributed by atoms with E-state index in [1.807, 2.05) is 6.07 Å². The Kier molecular flexibility index (Phi) is 8.58. The highest BCUT2D eigenvalue weighted by atomic mass is 32.2. The van der Waals surface area contributed by atoms with Gasteiger partial charge in [0, 0.05) is 17.8 Å². The summed E-state index contributed by atoms with van der Waals surface area (Å²) < 4.78 is 22.1. The van der Waals surface area contributed by atoms with Gasteiger partial charge in [0.05, 0.1) is 23.5 Å². The average Bonchev–Trinajstić information content (AvgIpc) is 3.40. The largest absolute Gasteiger partial charge is 0.404 e. The van der Waals surface area contributed by atoms with E-state index in [1.54, 1.807) is 11.8 Å². The van der Waals surface area contributed by atoms with Crippen LogP contribution in [0.15, 0.2) is 91.0 Å². The molecule has 3 aromatic rings. The van der Waals surface area contributed by atoms with E-state index in [4.69, 9.17) is 26.1 Å². The van der Waals surface area contributed by atoms with Crippen LogP contribution in [0.2, 0.25) is 5.04 Å². The lowest BCUT2D eigenvalue weighted by atomic mass is 9.80. The van der Waals surface area contributed by atoms with Gasteiger partial charge in [-0.25, -0.2) is 0 Å². The molecular formula is C32H39BO3S2Si. The van der Waals surface area contributed by atoms with Gasteiger partial charge in [0.15, 0.2) is 0 Å². The molecule has 3 nitrogen and oxygen atoms in total. The van der Waals surface area contributed by atoms with Crippen molar-refractivity contribution in [1.82, 2.24) is 0 Å². The molecule has 3 aromatic carbocycles. The third kappa shape index (κ3) is 5.34. The average molecular weight is 575 g/mol. The van der Waals surface area contributed by atoms with Crippen LogP contribution in [0.1, 0.15) is 32.8 Å². The number of ether oxygens (including phenoxy) is 2. The molecule has 2 fully saturated rings. The SMILES string of the molecule is B[C@@H]1O[C@@]2(CO[Si](c3ccccc3)(c3ccccc3)C(C)(C)C)C[C@H](C(=S)SC)[C@@H]1[C@@H]2OCc1ccccc1. The van der Waals surface area contributed by atoms with Crippen molar-refractivity contribution in [1.29, 1.82) is 0 Å². The number of fused-ring (bicyclic) bond motifs is 2. The quantitative estimate of drug-likeness (QED) is 0.259.